The second-order valence-electron chi connectivity index (χ2n) is 6.02. The summed E-state index contributed by atoms with van der Waals surface area (Å²) >= 11 is 1.43. The number of hydrogen-bond donors (Lipinski definition) is 1. The van der Waals surface area contributed by atoms with E-state index in [0.717, 1.165) is 16.0 Å². The van der Waals surface area contributed by atoms with E-state index < -0.39 is 0 Å². The molecular formula is C19H19FN4OS. The van der Waals surface area contributed by atoms with Gasteiger partial charge in [0.05, 0.1) is 6.54 Å². The van der Waals surface area contributed by atoms with Gasteiger partial charge in [-0.2, -0.15) is 0 Å². The van der Waals surface area contributed by atoms with E-state index in [9.17, 15) is 9.18 Å². The van der Waals surface area contributed by atoms with Crippen molar-refractivity contribution in [1.29, 1.82) is 0 Å². The van der Waals surface area contributed by atoms with Crippen molar-refractivity contribution in [2.24, 2.45) is 0 Å². The fourth-order valence-corrected chi connectivity index (χ4v) is 3.38. The molecule has 1 N–H and O–H groups in total. The van der Waals surface area contributed by atoms with Crippen molar-refractivity contribution in [1.82, 2.24) is 14.9 Å². The number of benzene rings is 1. The van der Waals surface area contributed by atoms with Crippen molar-refractivity contribution >= 4 is 22.4 Å². The SMILES string of the molecule is CN(CC(=O)Nc1ncc(Cc2ccc(F)cc2)s1)Cc1cccnc1. The molecule has 2 aromatic heterocycles. The van der Waals surface area contributed by atoms with Gasteiger partial charge in [0.25, 0.3) is 0 Å². The monoisotopic (exact) mass is 370 g/mol. The first-order valence-electron chi connectivity index (χ1n) is 8.15. The average molecular weight is 370 g/mol. The molecule has 0 radical (unpaired) electrons. The van der Waals surface area contributed by atoms with E-state index in [1.54, 1.807) is 30.7 Å². The first kappa shape index (κ1) is 18.2. The molecule has 2 heterocycles. The van der Waals surface area contributed by atoms with Gasteiger partial charge in [-0.15, -0.1) is 11.3 Å². The molecule has 26 heavy (non-hydrogen) atoms. The molecule has 0 unspecified atom stereocenters. The van der Waals surface area contributed by atoms with E-state index >= 15 is 0 Å². The highest BCUT2D eigenvalue weighted by Gasteiger charge is 2.10. The Hall–Kier alpha value is -2.64. The Bertz CT molecular complexity index is 851. The summed E-state index contributed by atoms with van der Waals surface area (Å²) in [5.41, 5.74) is 2.06. The third-order valence-electron chi connectivity index (χ3n) is 3.68. The molecule has 0 atom stereocenters. The third kappa shape index (κ3) is 5.44. The number of carbonyl (C=O) groups excluding carboxylic acids is 1. The number of amides is 1. The lowest BCUT2D eigenvalue weighted by Gasteiger charge is -2.15. The number of halogens is 1. The molecule has 0 aliphatic rings. The molecule has 0 spiro atoms. The number of rotatable bonds is 7. The Labute approximate surface area is 155 Å². The van der Waals surface area contributed by atoms with Gasteiger partial charge in [-0.1, -0.05) is 18.2 Å². The fourth-order valence-electron chi connectivity index (χ4n) is 2.51. The number of nitrogens with one attached hydrogen (secondary N) is 1. The predicted molar refractivity (Wildman–Crippen MR) is 101 cm³/mol. The molecule has 134 valence electrons. The molecule has 0 bridgehead atoms. The van der Waals surface area contributed by atoms with Crippen LogP contribution in [-0.2, 0) is 17.8 Å². The molecule has 0 aliphatic carbocycles. The van der Waals surface area contributed by atoms with Gasteiger partial charge in [-0.25, -0.2) is 9.37 Å². The number of pyridine rings is 1. The Balaban J connectivity index is 1.50. The molecular weight excluding hydrogens is 351 g/mol. The number of nitrogens with zero attached hydrogens (tertiary/aromatic N) is 3. The Kier molecular flexibility index (Phi) is 6.04. The van der Waals surface area contributed by atoms with Gasteiger partial charge in [0.2, 0.25) is 5.91 Å². The van der Waals surface area contributed by atoms with Crippen molar-refractivity contribution in [3.05, 3.63) is 76.8 Å². The standard InChI is InChI=1S/C19H19FN4OS/c1-24(12-15-3-2-8-21-10-15)13-18(25)23-19-22-11-17(26-19)9-14-4-6-16(20)7-5-14/h2-8,10-11H,9,12-13H2,1H3,(H,22,23,25). The Morgan fingerprint density at radius 3 is 2.73 bits per heavy atom. The first-order chi connectivity index (χ1) is 12.6. The largest absolute Gasteiger partial charge is 0.301 e. The van der Waals surface area contributed by atoms with Gasteiger partial charge in [0.15, 0.2) is 5.13 Å². The van der Waals surface area contributed by atoms with Crippen LogP contribution in [0.2, 0.25) is 0 Å². The van der Waals surface area contributed by atoms with E-state index in [1.807, 2.05) is 24.1 Å². The summed E-state index contributed by atoms with van der Waals surface area (Å²) in [4.78, 5) is 23.4. The van der Waals surface area contributed by atoms with Crippen molar-refractivity contribution in [2.45, 2.75) is 13.0 Å². The predicted octanol–water partition coefficient (Wildman–Crippen LogP) is 3.34. The van der Waals surface area contributed by atoms with Crippen molar-refractivity contribution in [3.8, 4) is 0 Å². The quantitative estimate of drug-likeness (QED) is 0.693. The summed E-state index contributed by atoms with van der Waals surface area (Å²) in [5, 5.41) is 3.40. The van der Waals surface area contributed by atoms with Gasteiger partial charge in [0.1, 0.15) is 5.82 Å². The molecule has 5 nitrogen and oxygen atoms in total. The maximum absolute atomic E-state index is 13.0. The van der Waals surface area contributed by atoms with Crippen LogP contribution in [0.25, 0.3) is 0 Å². The van der Waals surface area contributed by atoms with E-state index in [0.29, 0.717) is 18.1 Å². The van der Waals surface area contributed by atoms with Crippen LogP contribution in [0.5, 0.6) is 0 Å². The van der Waals surface area contributed by atoms with Crippen LogP contribution in [0.3, 0.4) is 0 Å². The van der Waals surface area contributed by atoms with Crippen LogP contribution >= 0.6 is 11.3 Å². The number of likely N-dealkylation sites (N-methyl/N-ethyl adjacent to an activating group) is 1. The summed E-state index contributed by atoms with van der Waals surface area (Å²) in [6.45, 7) is 0.913. The highest BCUT2D eigenvalue weighted by Crippen LogP contribution is 2.21. The molecule has 1 amide bonds. The zero-order valence-corrected chi connectivity index (χ0v) is 15.2. The van der Waals surface area contributed by atoms with Gasteiger partial charge in [-0.05, 0) is 36.4 Å². The van der Waals surface area contributed by atoms with Crippen LogP contribution < -0.4 is 5.32 Å². The van der Waals surface area contributed by atoms with Crippen LogP contribution in [0, 0.1) is 5.82 Å². The Morgan fingerprint density at radius 2 is 2.00 bits per heavy atom. The topological polar surface area (TPSA) is 58.1 Å². The van der Waals surface area contributed by atoms with Crippen LogP contribution in [0.15, 0.2) is 55.0 Å². The minimum absolute atomic E-state index is 0.112. The number of thiazole rings is 1. The first-order valence-corrected chi connectivity index (χ1v) is 8.96. The van der Waals surface area contributed by atoms with Gasteiger partial charge >= 0.3 is 0 Å². The number of hydrogen-bond acceptors (Lipinski definition) is 5. The summed E-state index contributed by atoms with van der Waals surface area (Å²) in [6.07, 6.45) is 5.91. The fraction of sp³-hybridized carbons (Fsp3) is 0.211. The van der Waals surface area contributed by atoms with Crippen LogP contribution in [0.4, 0.5) is 9.52 Å². The molecule has 3 aromatic rings. The van der Waals surface area contributed by atoms with Crippen molar-refractivity contribution in [2.75, 3.05) is 18.9 Å². The van der Waals surface area contributed by atoms with Crippen LogP contribution in [0.1, 0.15) is 16.0 Å². The maximum atomic E-state index is 13.0. The minimum atomic E-state index is -0.249. The van der Waals surface area contributed by atoms with Crippen molar-refractivity contribution < 1.29 is 9.18 Å². The van der Waals surface area contributed by atoms with E-state index in [4.69, 9.17) is 0 Å². The molecule has 3 rings (SSSR count). The van der Waals surface area contributed by atoms with Crippen molar-refractivity contribution in [3.63, 3.8) is 0 Å². The average Bonchev–Trinajstić information content (AvgIpc) is 3.04. The number of carbonyl (C=O) groups is 1. The van der Waals surface area contributed by atoms with Gasteiger partial charge in [-0.3, -0.25) is 14.7 Å². The molecule has 1 aromatic carbocycles. The van der Waals surface area contributed by atoms with Crippen LogP contribution in [-0.4, -0.2) is 34.4 Å². The zero-order valence-electron chi connectivity index (χ0n) is 14.4. The summed E-state index contributed by atoms with van der Waals surface area (Å²) in [7, 11) is 1.88. The molecule has 7 heteroatoms. The zero-order chi connectivity index (χ0) is 18.4. The van der Waals surface area contributed by atoms with Gasteiger partial charge in [0, 0.05) is 36.4 Å². The Morgan fingerprint density at radius 1 is 1.19 bits per heavy atom. The molecule has 0 fully saturated rings. The molecule has 0 saturated heterocycles. The maximum Gasteiger partial charge on any atom is 0.240 e. The second-order valence-corrected chi connectivity index (χ2v) is 7.13. The third-order valence-corrected chi connectivity index (χ3v) is 4.59. The lowest BCUT2D eigenvalue weighted by Crippen LogP contribution is -2.29. The van der Waals surface area contributed by atoms with E-state index in [2.05, 4.69) is 15.3 Å². The number of aromatic nitrogens is 2. The molecule has 0 aliphatic heterocycles. The van der Waals surface area contributed by atoms with E-state index in [1.165, 1.54) is 23.5 Å². The minimum Gasteiger partial charge on any atom is -0.301 e. The summed E-state index contributed by atoms with van der Waals surface area (Å²) < 4.78 is 13.0. The lowest BCUT2D eigenvalue weighted by molar-refractivity contribution is -0.117. The second kappa shape index (κ2) is 8.64. The summed E-state index contributed by atoms with van der Waals surface area (Å²) in [6, 6.07) is 10.2. The normalized spacial score (nSPS) is 10.9. The lowest BCUT2D eigenvalue weighted by atomic mass is 10.1. The highest BCUT2D eigenvalue weighted by molar-refractivity contribution is 7.15. The smallest absolute Gasteiger partial charge is 0.240 e. The van der Waals surface area contributed by atoms with Gasteiger partial charge < -0.3 is 5.32 Å². The summed E-state index contributed by atoms with van der Waals surface area (Å²) in [5.74, 6) is -0.361. The van der Waals surface area contributed by atoms with E-state index in [-0.39, 0.29) is 18.3 Å². The number of anilines is 1. The highest BCUT2D eigenvalue weighted by atomic mass is 32.1. The molecule has 0 saturated carbocycles.